The largest absolute Gasteiger partial charge is 0.497 e. The predicted molar refractivity (Wildman–Crippen MR) is 70.9 cm³/mol. The second kappa shape index (κ2) is 8.00. The Morgan fingerprint density at radius 2 is 1.85 bits per heavy atom. The Morgan fingerprint density at radius 3 is 2.35 bits per heavy atom. The van der Waals surface area contributed by atoms with E-state index in [4.69, 9.17) is 19.7 Å². The van der Waals surface area contributed by atoms with Crippen LogP contribution in [0, 0.1) is 0 Å². The first-order chi connectivity index (χ1) is 9.56. The van der Waals surface area contributed by atoms with Crippen LogP contribution in [0.2, 0.25) is 0 Å². The number of esters is 1. The smallest absolute Gasteiger partial charge is 0.325 e. The highest BCUT2D eigenvalue weighted by Crippen LogP contribution is 2.19. The monoisotopic (exact) mass is 283 g/mol. The van der Waals surface area contributed by atoms with Gasteiger partial charge in [-0.3, -0.25) is 9.59 Å². The van der Waals surface area contributed by atoms with E-state index in [0.717, 1.165) is 0 Å². The molecular weight excluding hydrogens is 266 g/mol. The zero-order valence-electron chi connectivity index (χ0n) is 11.1. The van der Waals surface area contributed by atoms with Gasteiger partial charge in [0.2, 0.25) is 0 Å². The summed E-state index contributed by atoms with van der Waals surface area (Å²) in [4.78, 5) is 23.7. The third kappa shape index (κ3) is 5.15. The molecule has 0 aliphatic carbocycles. The zero-order valence-corrected chi connectivity index (χ0v) is 11.1. The number of aliphatic hydroxyl groups is 1. The van der Waals surface area contributed by atoms with E-state index in [1.54, 1.807) is 24.3 Å². The molecule has 0 bridgehead atoms. The fourth-order valence-corrected chi connectivity index (χ4v) is 1.56. The number of nitrogens with zero attached hydrogens (tertiary/aromatic N) is 1. The molecule has 0 spiro atoms. The summed E-state index contributed by atoms with van der Waals surface area (Å²) in [5.74, 6) is -1.03. The van der Waals surface area contributed by atoms with Crippen LogP contribution in [0.5, 0.6) is 5.75 Å². The minimum absolute atomic E-state index is 0.109. The number of aliphatic carboxylic acids is 1. The van der Waals surface area contributed by atoms with Gasteiger partial charge in [-0.2, -0.15) is 0 Å². The molecule has 1 aromatic carbocycles. The number of carbonyl (C=O) groups excluding carboxylic acids is 1. The Morgan fingerprint density at radius 1 is 1.20 bits per heavy atom. The van der Waals surface area contributed by atoms with Crippen molar-refractivity contribution >= 4 is 17.6 Å². The normalized spacial score (nSPS) is 9.90. The summed E-state index contributed by atoms with van der Waals surface area (Å²) in [6.45, 7) is -0.922. The summed E-state index contributed by atoms with van der Waals surface area (Å²) in [7, 11) is 1.52. The van der Waals surface area contributed by atoms with Crippen molar-refractivity contribution in [2.45, 2.75) is 0 Å². The molecule has 0 atom stereocenters. The van der Waals surface area contributed by atoms with Crippen molar-refractivity contribution in [1.29, 1.82) is 0 Å². The van der Waals surface area contributed by atoms with Gasteiger partial charge in [-0.25, -0.2) is 0 Å². The zero-order chi connectivity index (χ0) is 15.0. The molecule has 0 aliphatic rings. The molecule has 0 aromatic heterocycles. The van der Waals surface area contributed by atoms with Crippen LogP contribution in [0.3, 0.4) is 0 Å². The minimum atomic E-state index is -1.06. The summed E-state index contributed by atoms with van der Waals surface area (Å²) >= 11 is 0. The number of carboxylic acids is 1. The van der Waals surface area contributed by atoms with E-state index < -0.39 is 11.9 Å². The Hall–Kier alpha value is -2.28. The molecule has 7 heteroatoms. The third-order valence-corrected chi connectivity index (χ3v) is 2.44. The molecule has 0 heterocycles. The quantitative estimate of drug-likeness (QED) is 0.654. The highest BCUT2D eigenvalue weighted by molar-refractivity contribution is 5.80. The van der Waals surface area contributed by atoms with Crippen LogP contribution in [0.1, 0.15) is 0 Å². The molecule has 0 unspecified atom stereocenters. The van der Waals surface area contributed by atoms with Gasteiger partial charge >= 0.3 is 11.9 Å². The lowest BCUT2D eigenvalue weighted by Crippen LogP contribution is -2.35. The summed E-state index contributed by atoms with van der Waals surface area (Å²) in [6.07, 6.45) is 0. The van der Waals surface area contributed by atoms with Crippen LogP contribution in [0.25, 0.3) is 0 Å². The number of rotatable bonds is 8. The number of anilines is 1. The maximum absolute atomic E-state index is 11.5. The number of methoxy groups -OCH3 is 1. The molecule has 0 amide bonds. The molecular formula is C13H17NO6. The number of aliphatic hydroxyl groups excluding tert-OH is 1. The topological polar surface area (TPSA) is 96.3 Å². The highest BCUT2D eigenvalue weighted by atomic mass is 16.5. The average Bonchev–Trinajstić information content (AvgIpc) is 2.44. The lowest BCUT2D eigenvalue weighted by molar-refractivity contribution is -0.143. The standard InChI is InChI=1S/C13H17NO6/c1-19-11-4-2-10(3-5-11)14(8-12(16)17)9-13(18)20-7-6-15/h2-5,15H,6-9H2,1H3,(H,16,17). The molecule has 1 aromatic rings. The van der Waals surface area contributed by atoms with Crippen LogP contribution in [-0.2, 0) is 14.3 Å². The van der Waals surface area contributed by atoms with Gasteiger partial charge in [0.05, 0.1) is 13.7 Å². The van der Waals surface area contributed by atoms with Crippen molar-refractivity contribution in [3.63, 3.8) is 0 Å². The fourth-order valence-electron chi connectivity index (χ4n) is 1.56. The maximum atomic E-state index is 11.5. The van der Waals surface area contributed by atoms with Crippen molar-refractivity contribution in [2.24, 2.45) is 0 Å². The van der Waals surface area contributed by atoms with Crippen molar-refractivity contribution in [3.05, 3.63) is 24.3 Å². The van der Waals surface area contributed by atoms with E-state index in [-0.39, 0.29) is 26.3 Å². The second-order valence-electron chi connectivity index (χ2n) is 3.89. The number of hydrogen-bond donors (Lipinski definition) is 2. The van der Waals surface area contributed by atoms with Gasteiger partial charge in [0.1, 0.15) is 25.4 Å². The van der Waals surface area contributed by atoms with Gasteiger partial charge in [-0.15, -0.1) is 0 Å². The first kappa shape index (κ1) is 15.8. The molecule has 2 N–H and O–H groups in total. The van der Waals surface area contributed by atoms with Gasteiger partial charge < -0.3 is 24.6 Å². The Bertz CT molecular complexity index is 445. The number of hydrogen-bond acceptors (Lipinski definition) is 6. The van der Waals surface area contributed by atoms with Crippen LogP contribution in [-0.4, -0.2) is 55.6 Å². The van der Waals surface area contributed by atoms with Crippen LogP contribution >= 0.6 is 0 Å². The molecule has 110 valence electrons. The van der Waals surface area contributed by atoms with Gasteiger partial charge in [0, 0.05) is 5.69 Å². The maximum Gasteiger partial charge on any atom is 0.325 e. The molecule has 0 radical (unpaired) electrons. The molecule has 0 saturated carbocycles. The van der Waals surface area contributed by atoms with Gasteiger partial charge in [-0.1, -0.05) is 0 Å². The van der Waals surface area contributed by atoms with E-state index >= 15 is 0 Å². The van der Waals surface area contributed by atoms with E-state index in [0.29, 0.717) is 11.4 Å². The van der Waals surface area contributed by atoms with Crippen molar-refractivity contribution in [1.82, 2.24) is 0 Å². The van der Waals surface area contributed by atoms with Gasteiger partial charge in [0.25, 0.3) is 0 Å². The molecule has 20 heavy (non-hydrogen) atoms. The summed E-state index contributed by atoms with van der Waals surface area (Å²) in [5.41, 5.74) is 0.564. The first-order valence-corrected chi connectivity index (χ1v) is 5.94. The number of ether oxygens (including phenoxy) is 2. The summed E-state index contributed by atoms with van der Waals surface area (Å²) < 4.78 is 9.73. The number of carbonyl (C=O) groups is 2. The summed E-state index contributed by atoms with van der Waals surface area (Å²) in [6, 6.07) is 6.65. The van der Waals surface area contributed by atoms with E-state index in [9.17, 15) is 9.59 Å². The summed E-state index contributed by atoms with van der Waals surface area (Å²) in [5, 5.41) is 17.4. The second-order valence-corrected chi connectivity index (χ2v) is 3.89. The molecule has 0 fully saturated rings. The Labute approximate surface area is 116 Å². The van der Waals surface area contributed by atoms with Crippen molar-refractivity contribution in [3.8, 4) is 5.75 Å². The molecule has 1 rings (SSSR count). The van der Waals surface area contributed by atoms with Crippen LogP contribution in [0.4, 0.5) is 5.69 Å². The molecule has 0 saturated heterocycles. The minimum Gasteiger partial charge on any atom is -0.497 e. The first-order valence-electron chi connectivity index (χ1n) is 5.94. The number of benzene rings is 1. The lowest BCUT2D eigenvalue weighted by atomic mass is 10.2. The highest BCUT2D eigenvalue weighted by Gasteiger charge is 2.15. The third-order valence-electron chi connectivity index (χ3n) is 2.44. The van der Waals surface area contributed by atoms with Crippen molar-refractivity contribution < 1.29 is 29.3 Å². The molecule has 7 nitrogen and oxygen atoms in total. The van der Waals surface area contributed by atoms with Gasteiger partial charge in [0.15, 0.2) is 0 Å². The van der Waals surface area contributed by atoms with Crippen molar-refractivity contribution in [2.75, 3.05) is 38.3 Å². The average molecular weight is 283 g/mol. The van der Waals surface area contributed by atoms with Crippen LogP contribution < -0.4 is 9.64 Å². The lowest BCUT2D eigenvalue weighted by Gasteiger charge is -2.21. The van der Waals surface area contributed by atoms with E-state index in [2.05, 4.69) is 0 Å². The predicted octanol–water partition coefficient (Wildman–Crippen LogP) is 0.122. The Kier molecular flexibility index (Phi) is 6.31. The fraction of sp³-hybridized carbons (Fsp3) is 0.385. The SMILES string of the molecule is COc1ccc(N(CC(=O)O)CC(=O)OCCO)cc1. The molecule has 0 aliphatic heterocycles. The van der Waals surface area contributed by atoms with Gasteiger partial charge in [-0.05, 0) is 24.3 Å². The van der Waals surface area contributed by atoms with E-state index in [1.165, 1.54) is 12.0 Å². The Balaban J connectivity index is 2.76. The van der Waals surface area contributed by atoms with E-state index in [1.807, 2.05) is 0 Å². The number of carboxylic acid groups (broad SMARTS) is 1. The van der Waals surface area contributed by atoms with Crippen LogP contribution in [0.15, 0.2) is 24.3 Å².